The molecule has 0 bridgehead atoms. The van der Waals surface area contributed by atoms with Crippen molar-refractivity contribution in [2.24, 2.45) is 0 Å². The monoisotopic (exact) mass is 359 g/mol. The van der Waals surface area contributed by atoms with Crippen molar-refractivity contribution < 1.29 is 19.2 Å². The maximum Gasteiger partial charge on any atom is 0.290 e. The fraction of sp³-hybridized carbons (Fsp3) is 0.474. The lowest BCUT2D eigenvalue weighted by molar-refractivity contribution is -0.141. The van der Waals surface area contributed by atoms with Gasteiger partial charge in [-0.3, -0.25) is 19.2 Å². The van der Waals surface area contributed by atoms with Crippen molar-refractivity contribution in [2.45, 2.75) is 51.2 Å². The molecule has 7 nitrogen and oxygen atoms in total. The van der Waals surface area contributed by atoms with Crippen LogP contribution in [0, 0.1) is 0 Å². The predicted octanol–water partition coefficient (Wildman–Crippen LogP) is 0.948. The number of carbonyl (C=O) groups excluding carboxylic acids is 4. The van der Waals surface area contributed by atoms with Gasteiger partial charge in [0.15, 0.2) is 0 Å². The van der Waals surface area contributed by atoms with Crippen LogP contribution in [0.4, 0.5) is 0 Å². The highest BCUT2D eigenvalue weighted by molar-refractivity contribution is 6.38. The van der Waals surface area contributed by atoms with E-state index < -0.39 is 29.7 Å². The number of nitrogens with zero attached hydrogens (tertiary/aromatic N) is 1. The van der Waals surface area contributed by atoms with E-state index in [-0.39, 0.29) is 6.04 Å². The minimum Gasteiger partial charge on any atom is -0.344 e. The molecule has 2 rings (SSSR count). The highest BCUT2D eigenvalue weighted by Gasteiger charge is 2.33. The largest absolute Gasteiger partial charge is 0.344 e. The molecular formula is C19H25N3O4. The second-order valence-electron chi connectivity index (χ2n) is 6.44. The van der Waals surface area contributed by atoms with E-state index in [1.54, 1.807) is 13.8 Å². The van der Waals surface area contributed by atoms with Gasteiger partial charge in [0, 0.05) is 6.54 Å². The number of carbonyl (C=O) groups is 4. The SMILES string of the molecule is CCC(NC(=O)C1CCCN1C=O)C(=O)C(=O)N[C@@H](C)c1ccccc1. The van der Waals surface area contributed by atoms with Crippen molar-refractivity contribution in [1.29, 1.82) is 0 Å². The molecule has 140 valence electrons. The number of ketones is 1. The summed E-state index contributed by atoms with van der Waals surface area (Å²) in [5.41, 5.74) is 0.887. The Kier molecular flexibility index (Phi) is 6.89. The van der Waals surface area contributed by atoms with Crippen LogP contribution in [-0.4, -0.2) is 47.5 Å². The second-order valence-corrected chi connectivity index (χ2v) is 6.44. The number of Topliss-reactive ketones (excluding diaryl/α,β-unsaturated/α-hetero) is 1. The number of hydrogen-bond donors (Lipinski definition) is 2. The number of likely N-dealkylation sites (tertiary alicyclic amines) is 1. The summed E-state index contributed by atoms with van der Waals surface area (Å²) < 4.78 is 0. The third-order valence-corrected chi connectivity index (χ3v) is 4.64. The van der Waals surface area contributed by atoms with Gasteiger partial charge in [-0.05, 0) is 31.7 Å². The predicted molar refractivity (Wildman–Crippen MR) is 96.0 cm³/mol. The van der Waals surface area contributed by atoms with Gasteiger partial charge in [0.1, 0.15) is 6.04 Å². The Morgan fingerprint density at radius 2 is 1.92 bits per heavy atom. The van der Waals surface area contributed by atoms with Crippen LogP contribution in [0.15, 0.2) is 30.3 Å². The third kappa shape index (κ3) is 4.68. The quantitative estimate of drug-likeness (QED) is 0.534. The summed E-state index contributed by atoms with van der Waals surface area (Å²) in [5, 5.41) is 5.28. The van der Waals surface area contributed by atoms with E-state index in [4.69, 9.17) is 0 Å². The highest BCUT2D eigenvalue weighted by Crippen LogP contribution is 2.16. The molecule has 1 aromatic rings. The van der Waals surface area contributed by atoms with E-state index in [1.807, 2.05) is 30.3 Å². The lowest BCUT2D eigenvalue weighted by Gasteiger charge is -2.23. The Hall–Kier alpha value is -2.70. The molecule has 2 N–H and O–H groups in total. The molecule has 1 heterocycles. The van der Waals surface area contributed by atoms with Crippen LogP contribution in [0.25, 0.3) is 0 Å². The van der Waals surface area contributed by atoms with Crippen LogP contribution in [0.3, 0.4) is 0 Å². The lowest BCUT2D eigenvalue weighted by atomic mass is 10.1. The molecule has 0 aromatic heterocycles. The molecule has 3 atom stereocenters. The first-order chi connectivity index (χ1) is 12.5. The summed E-state index contributed by atoms with van der Waals surface area (Å²) in [7, 11) is 0. The Bertz CT molecular complexity index is 662. The van der Waals surface area contributed by atoms with Crippen molar-refractivity contribution in [1.82, 2.24) is 15.5 Å². The van der Waals surface area contributed by atoms with E-state index in [0.717, 1.165) is 12.0 Å². The van der Waals surface area contributed by atoms with Gasteiger partial charge in [-0.1, -0.05) is 37.3 Å². The average molecular weight is 359 g/mol. The van der Waals surface area contributed by atoms with Crippen LogP contribution < -0.4 is 10.6 Å². The van der Waals surface area contributed by atoms with Gasteiger partial charge in [0.2, 0.25) is 18.1 Å². The Morgan fingerprint density at radius 1 is 1.23 bits per heavy atom. The van der Waals surface area contributed by atoms with Crippen LogP contribution >= 0.6 is 0 Å². The fourth-order valence-electron chi connectivity index (χ4n) is 3.07. The van der Waals surface area contributed by atoms with Crippen molar-refractivity contribution in [3.8, 4) is 0 Å². The van der Waals surface area contributed by atoms with Crippen LogP contribution in [0.1, 0.15) is 44.7 Å². The van der Waals surface area contributed by atoms with Crippen molar-refractivity contribution in [3.63, 3.8) is 0 Å². The molecular weight excluding hydrogens is 334 g/mol. The van der Waals surface area contributed by atoms with E-state index in [1.165, 1.54) is 4.90 Å². The topological polar surface area (TPSA) is 95.6 Å². The Morgan fingerprint density at radius 3 is 2.54 bits per heavy atom. The number of hydrogen-bond acceptors (Lipinski definition) is 4. The maximum atomic E-state index is 12.4. The average Bonchev–Trinajstić information content (AvgIpc) is 3.14. The highest BCUT2D eigenvalue weighted by atomic mass is 16.2. The van der Waals surface area contributed by atoms with Gasteiger partial charge >= 0.3 is 0 Å². The summed E-state index contributed by atoms with van der Waals surface area (Å²) in [5.74, 6) is -1.80. The molecule has 1 aromatic carbocycles. The smallest absolute Gasteiger partial charge is 0.290 e. The summed E-state index contributed by atoms with van der Waals surface area (Å²) >= 11 is 0. The molecule has 0 radical (unpaired) electrons. The molecule has 26 heavy (non-hydrogen) atoms. The van der Waals surface area contributed by atoms with Gasteiger partial charge in [-0.15, -0.1) is 0 Å². The van der Waals surface area contributed by atoms with Crippen LogP contribution in [0.5, 0.6) is 0 Å². The van der Waals surface area contributed by atoms with Crippen LogP contribution in [0.2, 0.25) is 0 Å². The molecule has 0 spiro atoms. The zero-order valence-corrected chi connectivity index (χ0v) is 15.1. The van der Waals surface area contributed by atoms with E-state index in [2.05, 4.69) is 10.6 Å². The molecule has 0 saturated carbocycles. The molecule has 0 aliphatic carbocycles. The van der Waals surface area contributed by atoms with Crippen LogP contribution in [-0.2, 0) is 19.2 Å². The number of rotatable bonds is 8. The molecule has 2 unspecified atom stereocenters. The number of amides is 3. The minimum absolute atomic E-state index is 0.297. The van der Waals surface area contributed by atoms with Crippen molar-refractivity contribution in [3.05, 3.63) is 35.9 Å². The summed E-state index contributed by atoms with van der Waals surface area (Å²) in [6.07, 6.45) is 2.25. The number of benzene rings is 1. The minimum atomic E-state index is -0.903. The Labute approximate surface area is 153 Å². The summed E-state index contributed by atoms with van der Waals surface area (Å²) in [4.78, 5) is 49.5. The molecule has 1 saturated heterocycles. The second kappa shape index (κ2) is 9.12. The number of nitrogens with one attached hydrogen (secondary N) is 2. The van der Waals surface area contributed by atoms with Gasteiger partial charge in [0.05, 0.1) is 12.1 Å². The first-order valence-electron chi connectivity index (χ1n) is 8.89. The standard InChI is InChI=1S/C19H25N3O4/c1-3-15(21-18(25)16-10-7-11-22(16)12-23)17(24)19(26)20-13(2)14-8-5-4-6-9-14/h4-6,8-9,12-13,15-16H,3,7,10-11H2,1-2H3,(H,20,26)(H,21,25)/t13-,15?,16?/m0/s1. The van der Waals surface area contributed by atoms with Gasteiger partial charge in [-0.2, -0.15) is 0 Å². The zero-order valence-electron chi connectivity index (χ0n) is 15.1. The fourth-order valence-corrected chi connectivity index (χ4v) is 3.07. The molecule has 7 heteroatoms. The Balaban J connectivity index is 1.95. The summed E-state index contributed by atoms with van der Waals surface area (Å²) in [6, 6.07) is 7.52. The van der Waals surface area contributed by atoms with E-state index >= 15 is 0 Å². The van der Waals surface area contributed by atoms with Gasteiger partial charge in [0.25, 0.3) is 5.91 Å². The molecule has 1 fully saturated rings. The van der Waals surface area contributed by atoms with Crippen molar-refractivity contribution in [2.75, 3.05) is 6.54 Å². The summed E-state index contributed by atoms with van der Waals surface area (Å²) in [6.45, 7) is 4.05. The molecule has 1 aliphatic rings. The lowest BCUT2D eigenvalue weighted by Crippen LogP contribution is -2.52. The van der Waals surface area contributed by atoms with Gasteiger partial charge < -0.3 is 15.5 Å². The van der Waals surface area contributed by atoms with Crippen molar-refractivity contribution >= 4 is 24.0 Å². The van der Waals surface area contributed by atoms with E-state index in [0.29, 0.717) is 25.8 Å². The maximum absolute atomic E-state index is 12.4. The normalized spacial score (nSPS) is 18.7. The molecule has 3 amide bonds. The first-order valence-corrected chi connectivity index (χ1v) is 8.89. The zero-order chi connectivity index (χ0) is 19.1. The molecule has 1 aliphatic heterocycles. The van der Waals surface area contributed by atoms with E-state index in [9.17, 15) is 19.2 Å². The van der Waals surface area contributed by atoms with Gasteiger partial charge in [-0.25, -0.2) is 0 Å². The first kappa shape index (κ1) is 19.6. The third-order valence-electron chi connectivity index (χ3n) is 4.64.